The first-order valence-corrected chi connectivity index (χ1v) is 6.45. The van der Waals surface area contributed by atoms with E-state index in [0.29, 0.717) is 11.7 Å². The molecule has 106 valence electrons. The highest BCUT2D eigenvalue weighted by atomic mass is 16.5. The second-order valence-corrected chi connectivity index (χ2v) is 5.57. The average molecular weight is 272 g/mol. The minimum absolute atomic E-state index is 0.0340. The van der Waals surface area contributed by atoms with Gasteiger partial charge in [-0.25, -0.2) is 0 Å². The van der Waals surface area contributed by atoms with Crippen molar-refractivity contribution in [2.24, 2.45) is 0 Å². The largest absolute Gasteiger partial charge is 0.481 e. The van der Waals surface area contributed by atoms with Gasteiger partial charge in [0.1, 0.15) is 5.82 Å². The van der Waals surface area contributed by atoms with Crippen molar-refractivity contribution in [3.8, 4) is 5.88 Å². The van der Waals surface area contributed by atoms with E-state index in [1.807, 2.05) is 18.2 Å². The van der Waals surface area contributed by atoms with E-state index in [4.69, 9.17) is 10.5 Å². The van der Waals surface area contributed by atoms with Crippen LogP contribution in [-0.4, -0.2) is 17.1 Å². The second-order valence-electron chi connectivity index (χ2n) is 5.57. The molecule has 2 aromatic rings. The summed E-state index contributed by atoms with van der Waals surface area (Å²) in [5, 5.41) is 3.28. The van der Waals surface area contributed by atoms with E-state index in [1.165, 1.54) is 5.56 Å². The van der Waals surface area contributed by atoms with Gasteiger partial charge in [0.2, 0.25) is 11.8 Å². The van der Waals surface area contributed by atoms with Gasteiger partial charge >= 0.3 is 0 Å². The van der Waals surface area contributed by atoms with Crippen LogP contribution < -0.4 is 15.8 Å². The molecule has 0 saturated carbocycles. The molecule has 0 aliphatic heterocycles. The van der Waals surface area contributed by atoms with Gasteiger partial charge in [0.05, 0.1) is 7.11 Å². The molecule has 20 heavy (non-hydrogen) atoms. The number of ether oxygens (including phenoxy) is 1. The Morgan fingerprint density at radius 3 is 2.50 bits per heavy atom. The number of nitrogens with two attached hydrogens (primary N) is 1. The first kappa shape index (κ1) is 14.1. The minimum atomic E-state index is 0.0340. The number of anilines is 3. The Kier molecular flexibility index (Phi) is 3.79. The van der Waals surface area contributed by atoms with E-state index in [2.05, 4.69) is 42.1 Å². The molecule has 0 aliphatic carbocycles. The van der Waals surface area contributed by atoms with E-state index < -0.39 is 0 Å². The third-order valence-electron chi connectivity index (χ3n) is 2.93. The van der Waals surface area contributed by atoms with Crippen LogP contribution in [0.3, 0.4) is 0 Å². The molecule has 0 radical (unpaired) electrons. The van der Waals surface area contributed by atoms with Crippen LogP contribution in [0.5, 0.6) is 5.88 Å². The van der Waals surface area contributed by atoms with Gasteiger partial charge in [-0.3, -0.25) is 0 Å². The number of hydrogen-bond donors (Lipinski definition) is 2. The number of hydrogen-bond acceptors (Lipinski definition) is 5. The summed E-state index contributed by atoms with van der Waals surface area (Å²) in [6.07, 6.45) is 0. The van der Waals surface area contributed by atoms with Gasteiger partial charge in [0, 0.05) is 11.8 Å². The van der Waals surface area contributed by atoms with Crippen LogP contribution in [0.4, 0.5) is 17.5 Å². The molecule has 5 heteroatoms. The zero-order valence-corrected chi connectivity index (χ0v) is 12.3. The number of nitrogens with zero attached hydrogens (tertiary/aromatic N) is 2. The molecule has 1 heterocycles. The average Bonchev–Trinajstić information content (AvgIpc) is 2.37. The Morgan fingerprint density at radius 2 is 1.85 bits per heavy atom. The molecule has 5 nitrogen and oxygen atoms in total. The molecule has 0 unspecified atom stereocenters. The van der Waals surface area contributed by atoms with Gasteiger partial charge in [0.15, 0.2) is 0 Å². The van der Waals surface area contributed by atoms with Gasteiger partial charge < -0.3 is 15.8 Å². The molecule has 0 bridgehead atoms. The summed E-state index contributed by atoms with van der Waals surface area (Å²) in [7, 11) is 1.55. The van der Waals surface area contributed by atoms with E-state index >= 15 is 0 Å². The summed E-state index contributed by atoms with van der Waals surface area (Å²) in [4.78, 5) is 8.15. The van der Waals surface area contributed by atoms with Gasteiger partial charge in [-0.1, -0.05) is 39.0 Å². The number of methoxy groups -OCH3 is 1. The van der Waals surface area contributed by atoms with Crippen LogP contribution in [0.25, 0.3) is 0 Å². The number of nitrogens with one attached hydrogen (secondary N) is 1. The maximum atomic E-state index is 5.67. The summed E-state index contributed by atoms with van der Waals surface area (Å²) in [5.41, 5.74) is 7.91. The zero-order chi connectivity index (χ0) is 14.8. The van der Waals surface area contributed by atoms with Gasteiger partial charge in [-0.15, -0.1) is 0 Å². The molecule has 0 saturated heterocycles. The van der Waals surface area contributed by atoms with Gasteiger partial charge in [-0.2, -0.15) is 9.97 Å². The topological polar surface area (TPSA) is 73.1 Å². The molecule has 0 aliphatic rings. The summed E-state index contributed by atoms with van der Waals surface area (Å²) in [5.74, 6) is 1.24. The Bertz CT molecular complexity index is 605. The highest BCUT2D eigenvalue weighted by Gasteiger charge is 2.17. The van der Waals surface area contributed by atoms with E-state index in [1.54, 1.807) is 13.2 Å². The van der Waals surface area contributed by atoms with Gasteiger partial charge in [0.25, 0.3) is 0 Å². The number of para-hydroxylation sites is 1. The molecule has 0 fully saturated rings. The van der Waals surface area contributed by atoms with Crippen LogP contribution >= 0.6 is 0 Å². The van der Waals surface area contributed by atoms with Crippen molar-refractivity contribution in [3.05, 3.63) is 35.9 Å². The Hall–Kier alpha value is -2.30. The molecule has 0 spiro atoms. The minimum Gasteiger partial charge on any atom is -0.481 e. The molecule has 1 aromatic carbocycles. The first-order valence-electron chi connectivity index (χ1n) is 6.45. The van der Waals surface area contributed by atoms with Crippen molar-refractivity contribution in [1.29, 1.82) is 0 Å². The lowest BCUT2D eigenvalue weighted by atomic mass is 9.86. The summed E-state index contributed by atoms with van der Waals surface area (Å²) in [6.45, 7) is 6.51. The number of aromatic nitrogens is 2. The van der Waals surface area contributed by atoms with Crippen molar-refractivity contribution >= 4 is 17.5 Å². The summed E-state index contributed by atoms with van der Waals surface area (Å²) in [6, 6.07) is 9.85. The van der Waals surface area contributed by atoms with Crippen molar-refractivity contribution < 1.29 is 4.74 Å². The molecule has 2 rings (SSSR count). The Labute approximate surface area is 119 Å². The van der Waals surface area contributed by atoms with Crippen molar-refractivity contribution in [1.82, 2.24) is 9.97 Å². The highest BCUT2D eigenvalue weighted by Crippen LogP contribution is 2.31. The fourth-order valence-corrected chi connectivity index (χ4v) is 2.00. The molecular weight excluding hydrogens is 252 g/mol. The molecular formula is C15H20N4O. The lowest BCUT2D eigenvalue weighted by Crippen LogP contribution is -2.14. The number of rotatable bonds is 3. The predicted molar refractivity (Wildman–Crippen MR) is 81.4 cm³/mol. The van der Waals surface area contributed by atoms with Crippen LogP contribution in [0, 0.1) is 0 Å². The quantitative estimate of drug-likeness (QED) is 0.898. The lowest BCUT2D eigenvalue weighted by molar-refractivity contribution is 0.398. The maximum absolute atomic E-state index is 5.67. The van der Waals surface area contributed by atoms with E-state index in [0.717, 1.165) is 5.69 Å². The number of nitrogen functional groups attached to an aromatic ring is 1. The molecule has 0 amide bonds. The van der Waals surface area contributed by atoms with Crippen molar-refractivity contribution in [3.63, 3.8) is 0 Å². The lowest BCUT2D eigenvalue weighted by Gasteiger charge is -2.23. The highest BCUT2D eigenvalue weighted by molar-refractivity contribution is 5.63. The van der Waals surface area contributed by atoms with Crippen molar-refractivity contribution in [2.45, 2.75) is 26.2 Å². The van der Waals surface area contributed by atoms with Gasteiger partial charge in [-0.05, 0) is 17.0 Å². The molecule has 3 N–H and O–H groups in total. The monoisotopic (exact) mass is 272 g/mol. The normalized spacial score (nSPS) is 11.2. The standard InChI is InChI=1S/C15H20N4O/c1-15(2,3)10-7-5-6-8-11(10)17-12-9-13(20-4)19-14(16)18-12/h5-9H,1-4H3,(H3,16,17,18,19). The smallest absolute Gasteiger partial charge is 0.225 e. The Balaban J connectivity index is 2.38. The predicted octanol–water partition coefficient (Wildman–Crippen LogP) is 3.11. The molecule has 1 aromatic heterocycles. The van der Waals surface area contributed by atoms with E-state index in [9.17, 15) is 0 Å². The number of benzene rings is 1. The summed E-state index contributed by atoms with van der Waals surface area (Å²) >= 11 is 0. The zero-order valence-electron chi connectivity index (χ0n) is 12.3. The molecule has 0 atom stereocenters. The fourth-order valence-electron chi connectivity index (χ4n) is 2.00. The third kappa shape index (κ3) is 3.17. The van der Waals surface area contributed by atoms with E-state index in [-0.39, 0.29) is 11.4 Å². The third-order valence-corrected chi connectivity index (χ3v) is 2.93. The maximum Gasteiger partial charge on any atom is 0.225 e. The first-order chi connectivity index (χ1) is 9.40. The second kappa shape index (κ2) is 5.36. The van der Waals surface area contributed by atoms with Crippen LogP contribution in [0.1, 0.15) is 26.3 Å². The fraction of sp³-hybridized carbons (Fsp3) is 0.333. The van der Waals surface area contributed by atoms with Crippen LogP contribution in [0.2, 0.25) is 0 Å². The van der Waals surface area contributed by atoms with Crippen molar-refractivity contribution in [2.75, 3.05) is 18.2 Å². The Morgan fingerprint density at radius 1 is 1.15 bits per heavy atom. The SMILES string of the molecule is COc1cc(Nc2ccccc2C(C)(C)C)nc(N)n1. The van der Waals surface area contributed by atoms with Crippen LogP contribution in [-0.2, 0) is 5.41 Å². The summed E-state index contributed by atoms with van der Waals surface area (Å²) < 4.78 is 5.10. The van der Waals surface area contributed by atoms with Crippen LogP contribution in [0.15, 0.2) is 30.3 Å².